The molecule has 16 nitrogen and oxygen atoms in total. The van der Waals surface area contributed by atoms with Gasteiger partial charge in [-0.25, -0.2) is 0 Å². The molecule has 3 rings (SSSR count). The van der Waals surface area contributed by atoms with Gasteiger partial charge >= 0.3 is 5.97 Å². The standard InChI is InChI=1S/C37H69N3O13/c1-14-26-37(10,46)30(42)23(6)40(38-47)18-19(2)16-35(8,45)32(53-34-28(41)25(39(11)12)15-20(3)49-34)21(4)29(22(5)33(44)51-26)52-27-17-36(9,48-13)31(43)24(7)50-27/h19-32,34,41-43,45-46H,14-18H2,1-13H3/t19-,20-,21+,22-,23-,24+,25+,26-,27+,28-,29+,30-,31+,32-,34+,35-,36-,37-/m1/s1. The van der Waals surface area contributed by atoms with E-state index in [1.165, 1.54) is 14.0 Å². The van der Waals surface area contributed by atoms with Crippen molar-refractivity contribution in [2.24, 2.45) is 23.0 Å². The summed E-state index contributed by atoms with van der Waals surface area (Å²) in [5.41, 5.74) is -4.75. The second kappa shape index (κ2) is 18.1. The van der Waals surface area contributed by atoms with E-state index >= 15 is 0 Å². The minimum Gasteiger partial charge on any atom is -0.459 e. The van der Waals surface area contributed by atoms with Gasteiger partial charge in [0.05, 0.1) is 52.9 Å². The molecular weight excluding hydrogens is 694 g/mol. The smallest absolute Gasteiger partial charge is 0.311 e. The number of methoxy groups -OCH3 is 1. The molecule has 3 aliphatic rings. The Bertz CT molecular complexity index is 1190. The number of hydrogen-bond donors (Lipinski definition) is 5. The molecule has 53 heavy (non-hydrogen) atoms. The Labute approximate surface area is 315 Å². The Morgan fingerprint density at radius 1 is 0.962 bits per heavy atom. The largest absolute Gasteiger partial charge is 0.459 e. The number of hydrogen-bond acceptors (Lipinski definition) is 15. The van der Waals surface area contributed by atoms with Crippen LogP contribution in [-0.4, -0.2) is 159 Å². The SMILES string of the molecule is CC[C@H]1OC(=O)[C@H](C)[C@@H](O[C@H]2C[C@@](C)(OC)[C@@H](O)[C@H](C)O2)[C@H](C)[C@@H](O[C@@H]2O[C@H](C)C[C@H](N(C)C)[C@H]2O)[C@](C)(O)C[C@@H](C)CN(N=O)[C@H](C)[C@@H](O)[C@]1(C)O. The summed E-state index contributed by atoms with van der Waals surface area (Å²) >= 11 is 0. The van der Waals surface area contributed by atoms with Crippen molar-refractivity contribution in [1.82, 2.24) is 9.91 Å². The fourth-order valence-corrected chi connectivity index (χ4v) is 8.59. The summed E-state index contributed by atoms with van der Waals surface area (Å²) in [6.07, 6.45) is -9.46. The van der Waals surface area contributed by atoms with Gasteiger partial charge in [-0.05, 0) is 87.7 Å². The van der Waals surface area contributed by atoms with Crippen molar-refractivity contribution in [3.05, 3.63) is 4.91 Å². The maximum Gasteiger partial charge on any atom is 0.311 e. The number of carbonyl (C=O) groups is 1. The van der Waals surface area contributed by atoms with Crippen LogP contribution in [0.5, 0.6) is 0 Å². The molecule has 3 aliphatic heterocycles. The number of ether oxygens (including phenoxy) is 6. The van der Waals surface area contributed by atoms with Crippen LogP contribution >= 0.6 is 0 Å². The topological polar surface area (TPSA) is 210 Å². The molecule has 0 aromatic heterocycles. The molecule has 3 saturated heterocycles. The molecule has 0 aromatic rings. The van der Waals surface area contributed by atoms with E-state index in [4.69, 9.17) is 28.4 Å². The molecule has 0 aromatic carbocycles. The molecule has 310 valence electrons. The quantitative estimate of drug-likeness (QED) is 0.177. The van der Waals surface area contributed by atoms with Gasteiger partial charge in [0.15, 0.2) is 12.6 Å². The second-order valence-corrected chi connectivity index (χ2v) is 16.9. The lowest BCUT2D eigenvalue weighted by Gasteiger charge is -2.48. The maximum absolute atomic E-state index is 14.2. The number of aliphatic hydroxyl groups is 5. The zero-order valence-corrected chi connectivity index (χ0v) is 34.0. The Balaban J connectivity index is 2.20. The van der Waals surface area contributed by atoms with Gasteiger partial charge in [0.2, 0.25) is 0 Å². The Morgan fingerprint density at radius 2 is 1.58 bits per heavy atom. The van der Waals surface area contributed by atoms with E-state index in [-0.39, 0.29) is 38.0 Å². The Hall–Kier alpha value is -1.57. The van der Waals surface area contributed by atoms with E-state index in [9.17, 15) is 35.2 Å². The number of likely N-dealkylation sites (N-methyl/N-ethyl adjacent to an activating group) is 1. The minimum atomic E-state index is -2.00. The van der Waals surface area contributed by atoms with Crippen molar-refractivity contribution in [1.29, 1.82) is 0 Å². The molecule has 0 radical (unpaired) electrons. The molecular formula is C37H69N3O13. The van der Waals surface area contributed by atoms with Crippen LogP contribution in [0.1, 0.15) is 94.9 Å². The molecule has 0 amide bonds. The molecule has 3 heterocycles. The first-order valence-electron chi connectivity index (χ1n) is 19.1. The normalized spacial score (nSPS) is 48.5. The molecule has 5 N–H and O–H groups in total. The van der Waals surface area contributed by atoms with Gasteiger partial charge in [-0.1, -0.05) is 20.8 Å². The molecule has 0 bridgehead atoms. The zero-order valence-electron chi connectivity index (χ0n) is 34.0. The van der Waals surface area contributed by atoms with Crippen LogP contribution in [0.4, 0.5) is 0 Å². The van der Waals surface area contributed by atoms with E-state index in [0.29, 0.717) is 6.42 Å². The lowest BCUT2D eigenvalue weighted by atomic mass is 9.77. The number of rotatable bonds is 8. The second-order valence-electron chi connectivity index (χ2n) is 16.9. The Kier molecular flexibility index (Phi) is 15.7. The summed E-state index contributed by atoms with van der Waals surface area (Å²) in [5, 5.41) is 62.2. The average Bonchev–Trinajstić information content (AvgIpc) is 3.08. The molecule has 0 unspecified atom stereocenters. The van der Waals surface area contributed by atoms with Gasteiger partial charge in [-0.15, -0.1) is 4.91 Å². The van der Waals surface area contributed by atoms with Crippen LogP contribution < -0.4 is 0 Å². The number of esters is 1. The number of carbonyl (C=O) groups excluding carboxylic acids is 1. The van der Waals surface area contributed by atoms with Crippen LogP contribution in [0, 0.1) is 22.7 Å². The number of nitroso groups, excluding NO2 is 1. The van der Waals surface area contributed by atoms with Gasteiger partial charge in [-0.3, -0.25) is 9.80 Å². The molecule has 0 spiro atoms. The monoisotopic (exact) mass is 763 g/mol. The summed E-state index contributed by atoms with van der Waals surface area (Å²) in [7, 11) is 5.19. The van der Waals surface area contributed by atoms with Gasteiger partial charge in [-0.2, -0.15) is 0 Å². The first-order valence-corrected chi connectivity index (χ1v) is 19.1. The van der Waals surface area contributed by atoms with Crippen molar-refractivity contribution >= 4 is 5.97 Å². The van der Waals surface area contributed by atoms with E-state index in [1.807, 2.05) is 32.8 Å². The highest BCUT2D eigenvalue weighted by Gasteiger charge is 2.53. The van der Waals surface area contributed by atoms with E-state index in [2.05, 4.69) is 5.29 Å². The van der Waals surface area contributed by atoms with Gasteiger partial charge < -0.3 is 58.9 Å². The predicted molar refractivity (Wildman–Crippen MR) is 194 cm³/mol. The van der Waals surface area contributed by atoms with Crippen molar-refractivity contribution in [2.45, 2.75) is 185 Å². The van der Waals surface area contributed by atoms with Crippen LogP contribution in [0.2, 0.25) is 0 Å². The Morgan fingerprint density at radius 3 is 2.13 bits per heavy atom. The van der Waals surface area contributed by atoms with Crippen molar-refractivity contribution < 1.29 is 58.7 Å². The van der Waals surface area contributed by atoms with Crippen molar-refractivity contribution in [2.75, 3.05) is 27.7 Å². The van der Waals surface area contributed by atoms with E-state index in [0.717, 1.165) is 5.01 Å². The predicted octanol–water partition coefficient (Wildman–Crippen LogP) is 1.95. The lowest BCUT2D eigenvalue weighted by molar-refractivity contribution is -0.318. The van der Waals surface area contributed by atoms with Gasteiger partial charge in [0.25, 0.3) is 0 Å². The molecule has 16 heteroatoms. The minimum absolute atomic E-state index is 0.00398. The number of nitrogens with zero attached hydrogens (tertiary/aromatic N) is 3. The fraction of sp³-hybridized carbons (Fsp3) is 0.973. The first kappa shape index (κ1) is 45.8. The van der Waals surface area contributed by atoms with E-state index < -0.39 is 102 Å². The summed E-state index contributed by atoms with van der Waals surface area (Å²) in [6.45, 7) is 16.6. The van der Waals surface area contributed by atoms with Crippen molar-refractivity contribution in [3.8, 4) is 0 Å². The first-order chi connectivity index (χ1) is 24.4. The summed E-state index contributed by atoms with van der Waals surface area (Å²) in [6, 6.07) is -1.32. The molecule has 0 saturated carbocycles. The molecule has 18 atom stereocenters. The summed E-state index contributed by atoms with van der Waals surface area (Å²) in [5.74, 6) is -3.11. The summed E-state index contributed by atoms with van der Waals surface area (Å²) in [4.78, 5) is 28.2. The highest BCUT2D eigenvalue weighted by molar-refractivity contribution is 5.73. The average molecular weight is 764 g/mol. The van der Waals surface area contributed by atoms with Crippen LogP contribution in [0.25, 0.3) is 0 Å². The van der Waals surface area contributed by atoms with Crippen LogP contribution in [0.3, 0.4) is 0 Å². The van der Waals surface area contributed by atoms with Gasteiger partial charge in [0, 0.05) is 32.0 Å². The number of cyclic esters (lactones) is 1. The zero-order chi connectivity index (χ0) is 40.4. The third-order valence-electron chi connectivity index (χ3n) is 12.0. The molecule has 3 fully saturated rings. The summed E-state index contributed by atoms with van der Waals surface area (Å²) < 4.78 is 37.3. The third kappa shape index (κ3) is 10.2. The van der Waals surface area contributed by atoms with Gasteiger partial charge in [0.1, 0.15) is 30.0 Å². The van der Waals surface area contributed by atoms with Crippen molar-refractivity contribution in [3.63, 3.8) is 0 Å². The highest BCUT2D eigenvalue weighted by Crippen LogP contribution is 2.40. The maximum atomic E-state index is 14.2. The lowest BCUT2D eigenvalue weighted by Crippen LogP contribution is -2.60. The third-order valence-corrected chi connectivity index (χ3v) is 12.0. The highest BCUT2D eigenvalue weighted by atomic mass is 16.7. The number of aliphatic hydroxyl groups excluding tert-OH is 3. The van der Waals surface area contributed by atoms with Crippen LogP contribution in [0.15, 0.2) is 5.29 Å². The molecule has 0 aliphatic carbocycles. The van der Waals surface area contributed by atoms with E-state index in [1.54, 1.807) is 48.5 Å². The fourth-order valence-electron chi connectivity index (χ4n) is 8.59. The van der Waals surface area contributed by atoms with Crippen LogP contribution in [-0.2, 0) is 33.2 Å².